The summed E-state index contributed by atoms with van der Waals surface area (Å²) in [5.41, 5.74) is 1.28. The molecular formula is C11H14BrN3. The summed E-state index contributed by atoms with van der Waals surface area (Å²) in [6, 6.07) is 0. The van der Waals surface area contributed by atoms with Crippen LogP contribution in [0.5, 0.6) is 0 Å². The highest BCUT2D eigenvalue weighted by Crippen LogP contribution is 2.47. The van der Waals surface area contributed by atoms with Crippen LogP contribution in [-0.4, -0.2) is 17.0 Å². The van der Waals surface area contributed by atoms with E-state index < -0.39 is 0 Å². The third-order valence-electron chi connectivity index (χ3n) is 3.39. The molecule has 0 aliphatic heterocycles. The Labute approximate surface area is 97.8 Å². The van der Waals surface area contributed by atoms with Crippen molar-refractivity contribution in [2.45, 2.75) is 37.1 Å². The average molecular weight is 268 g/mol. The van der Waals surface area contributed by atoms with Crippen LogP contribution >= 0.6 is 15.9 Å². The molecule has 1 aromatic rings. The van der Waals surface area contributed by atoms with E-state index in [9.17, 15) is 0 Å². The van der Waals surface area contributed by atoms with Crippen molar-refractivity contribution in [3.63, 3.8) is 0 Å². The van der Waals surface area contributed by atoms with Crippen molar-refractivity contribution in [2.24, 2.45) is 0 Å². The van der Waals surface area contributed by atoms with Crippen molar-refractivity contribution in [1.29, 1.82) is 0 Å². The van der Waals surface area contributed by atoms with Gasteiger partial charge in [0.15, 0.2) is 0 Å². The average Bonchev–Trinajstić information content (AvgIpc) is 3.13. The highest BCUT2D eigenvalue weighted by molar-refractivity contribution is 9.10. The summed E-state index contributed by atoms with van der Waals surface area (Å²) in [7, 11) is 2.01. The third-order valence-corrected chi connectivity index (χ3v) is 3.97. The molecule has 1 heterocycles. The molecule has 1 aromatic heterocycles. The molecule has 0 bridgehead atoms. The van der Waals surface area contributed by atoms with Gasteiger partial charge in [0, 0.05) is 12.1 Å². The lowest BCUT2D eigenvalue weighted by atomic mass is 10.1. The largest absolute Gasteiger partial charge is 0.309 e. The first-order valence-electron chi connectivity index (χ1n) is 5.47. The zero-order valence-corrected chi connectivity index (χ0v) is 10.3. The zero-order valence-electron chi connectivity index (χ0n) is 8.76. The molecule has 3 nitrogen and oxygen atoms in total. The number of nitrogens with zero attached hydrogens (tertiary/aromatic N) is 2. The van der Waals surface area contributed by atoms with Crippen molar-refractivity contribution < 1.29 is 0 Å². The number of halogens is 1. The van der Waals surface area contributed by atoms with Gasteiger partial charge in [-0.15, -0.1) is 0 Å². The maximum atomic E-state index is 4.72. The van der Waals surface area contributed by atoms with Gasteiger partial charge in [-0.3, -0.25) is 0 Å². The number of hydrogen-bond donors (Lipinski definition) is 1. The van der Waals surface area contributed by atoms with Crippen LogP contribution in [-0.2, 0) is 5.54 Å². The van der Waals surface area contributed by atoms with Gasteiger partial charge in [0.1, 0.15) is 5.82 Å². The second-order valence-corrected chi connectivity index (χ2v) is 5.39. The Bertz CT molecular complexity index is 397. The molecule has 4 heteroatoms. The molecule has 2 fully saturated rings. The summed E-state index contributed by atoms with van der Waals surface area (Å²) in [4.78, 5) is 9.11. The van der Waals surface area contributed by atoms with E-state index in [-0.39, 0.29) is 5.54 Å². The van der Waals surface area contributed by atoms with Crippen LogP contribution in [0.15, 0.2) is 10.7 Å². The topological polar surface area (TPSA) is 37.8 Å². The molecule has 0 aromatic carbocycles. The Morgan fingerprint density at radius 3 is 2.73 bits per heavy atom. The van der Waals surface area contributed by atoms with Crippen molar-refractivity contribution in [3.05, 3.63) is 22.2 Å². The fraction of sp³-hybridized carbons (Fsp3) is 0.636. The fourth-order valence-electron chi connectivity index (χ4n) is 1.98. The van der Waals surface area contributed by atoms with Gasteiger partial charge in [-0.05, 0) is 48.7 Å². The van der Waals surface area contributed by atoms with Crippen molar-refractivity contribution in [3.8, 4) is 0 Å². The summed E-state index contributed by atoms with van der Waals surface area (Å²) in [5.74, 6) is 1.67. The highest BCUT2D eigenvalue weighted by Gasteiger charge is 2.46. The first-order valence-corrected chi connectivity index (χ1v) is 6.26. The summed E-state index contributed by atoms with van der Waals surface area (Å²) < 4.78 is 1.04. The quantitative estimate of drug-likeness (QED) is 0.914. The van der Waals surface area contributed by atoms with Gasteiger partial charge >= 0.3 is 0 Å². The molecule has 2 aliphatic rings. The monoisotopic (exact) mass is 267 g/mol. The third kappa shape index (κ3) is 1.60. The lowest BCUT2D eigenvalue weighted by molar-refractivity contribution is 0.558. The maximum absolute atomic E-state index is 4.72. The highest BCUT2D eigenvalue weighted by atomic mass is 79.9. The molecule has 2 saturated carbocycles. The standard InChI is InChI=1S/C11H14BrN3/c1-13-11(4-5-11)9-8(12)6-14-10(15-9)7-2-3-7/h6-7,13H,2-5H2,1H3. The normalized spacial score (nSPS) is 22.8. The Morgan fingerprint density at radius 1 is 1.47 bits per heavy atom. The Morgan fingerprint density at radius 2 is 2.20 bits per heavy atom. The summed E-state index contributed by atoms with van der Waals surface area (Å²) in [6.07, 6.45) is 6.79. The van der Waals surface area contributed by atoms with Crippen LogP contribution in [0.3, 0.4) is 0 Å². The Hall–Kier alpha value is -0.480. The molecule has 0 atom stereocenters. The van der Waals surface area contributed by atoms with E-state index >= 15 is 0 Å². The van der Waals surface area contributed by atoms with Gasteiger partial charge in [0.05, 0.1) is 15.7 Å². The first-order chi connectivity index (χ1) is 7.25. The van der Waals surface area contributed by atoms with Crippen molar-refractivity contribution in [2.75, 3.05) is 7.05 Å². The molecule has 3 rings (SSSR count). The van der Waals surface area contributed by atoms with Gasteiger partial charge in [0.2, 0.25) is 0 Å². The molecule has 0 saturated heterocycles. The lowest BCUT2D eigenvalue weighted by Gasteiger charge is -2.15. The molecule has 80 valence electrons. The summed E-state index contributed by atoms with van der Waals surface area (Å²) in [6.45, 7) is 0. The van der Waals surface area contributed by atoms with Crippen LogP contribution in [0.1, 0.15) is 43.1 Å². The van der Waals surface area contributed by atoms with Crippen molar-refractivity contribution in [1.82, 2.24) is 15.3 Å². The molecular weight excluding hydrogens is 254 g/mol. The Balaban J connectivity index is 2.01. The molecule has 15 heavy (non-hydrogen) atoms. The molecule has 1 N–H and O–H groups in total. The minimum atomic E-state index is 0.130. The van der Waals surface area contributed by atoms with Crippen LogP contribution in [0.4, 0.5) is 0 Å². The molecule has 0 radical (unpaired) electrons. The second kappa shape index (κ2) is 3.25. The summed E-state index contributed by atoms with van der Waals surface area (Å²) in [5, 5.41) is 3.38. The predicted octanol–water partition coefficient (Wildman–Crippen LogP) is 2.33. The van der Waals surface area contributed by atoms with Crippen LogP contribution in [0, 0.1) is 0 Å². The van der Waals surface area contributed by atoms with Gasteiger partial charge in [-0.1, -0.05) is 0 Å². The van der Waals surface area contributed by atoms with Gasteiger partial charge in [-0.25, -0.2) is 9.97 Å². The van der Waals surface area contributed by atoms with E-state index in [1.165, 1.54) is 25.7 Å². The maximum Gasteiger partial charge on any atom is 0.131 e. The van der Waals surface area contributed by atoms with E-state index in [2.05, 4.69) is 26.2 Å². The van der Waals surface area contributed by atoms with Gasteiger partial charge < -0.3 is 5.32 Å². The van der Waals surface area contributed by atoms with E-state index in [1.807, 2.05) is 13.2 Å². The number of nitrogens with one attached hydrogen (secondary N) is 1. The van der Waals surface area contributed by atoms with E-state index in [1.54, 1.807) is 0 Å². The van der Waals surface area contributed by atoms with Gasteiger partial charge in [-0.2, -0.15) is 0 Å². The molecule has 0 spiro atoms. The van der Waals surface area contributed by atoms with Crippen molar-refractivity contribution >= 4 is 15.9 Å². The molecule has 0 unspecified atom stereocenters. The zero-order chi connectivity index (χ0) is 10.5. The minimum absolute atomic E-state index is 0.130. The number of aromatic nitrogens is 2. The minimum Gasteiger partial charge on any atom is -0.309 e. The van der Waals surface area contributed by atoms with Crippen LogP contribution in [0.2, 0.25) is 0 Å². The smallest absolute Gasteiger partial charge is 0.131 e. The van der Waals surface area contributed by atoms with Crippen LogP contribution < -0.4 is 5.32 Å². The first kappa shape index (κ1) is 9.73. The number of rotatable bonds is 3. The molecule has 2 aliphatic carbocycles. The predicted molar refractivity (Wildman–Crippen MR) is 61.7 cm³/mol. The van der Waals surface area contributed by atoms with Crippen LogP contribution in [0.25, 0.3) is 0 Å². The SMILES string of the molecule is CNC1(c2nc(C3CC3)ncc2Br)CC1. The molecule has 0 amide bonds. The van der Waals surface area contributed by atoms with Gasteiger partial charge in [0.25, 0.3) is 0 Å². The second-order valence-electron chi connectivity index (χ2n) is 4.53. The van der Waals surface area contributed by atoms with E-state index in [4.69, 9.17) is 4.98 Å². The van der Waals surface area contributed by atoms with E-state index in [0.717, 1.165) is 16.0 Å². The lowest BCUT2D eigenvalue weighted by Crippen LogP contribution is -2.26. The van der Waals surface area contributed by atoms with E-state index in [0.29, 0.717) is 5.92 Å². The number of hydrogen-bond acceptors (Lipinski definition) is 3. The fourth-order valence-corrected chi connectivity index (χ4v) is 2.56. The summed E-state index contributed by atoms with van der Waals surface area (Å²) >= 11 is 3.55. The Kier molecular flexibility index (Phi) is 2.11.